The van der Waals surface area contributed by atoms with Crippen molar-refractivity contribution in [1.82, 2.24) is 10.3 Å². The third-order valence-corrected chi connectivity index (χ3v) is 3.63. The smallest absolute Gasteiger partial charge is 0.254 e. The molecule has 0 saturated heterocycles. The number of amides is 1. The van der Waals surface area contributed by atoms with Crippen LogP contribution in [-0.2, 0) is 0 Å². The predicted molar refractivity (Wildman–Crippen MR) is 67.5 cm³/mol. The van der Waals surface area contributed by atoms with Crippen molar-refractivity contribution >= 4 is 11.7 Å². The molecule has 0 bridgehead atoms. The van der Waals surface area contributed by atoms with Gasteiger partial charge in [-0.05, 0) is 31.7 Å². The number of carbonyl (C=O) groups is 1. The maximum atomic E-state index is 13.6. The van der Waals surface area contributed by atoms with Crippen molar-refractivity contribution in [2.24, 2.45) is 5.92 Å². The van der Waals surface area contributed by atoms with E-state index in [-0.39, 0.29) is 17.4 Å². The summed E-state index contributed by atoms with van der Waals surface area (Å²) in [6.45, 7) is 1.97. The molecule has 2 rings (SSSR count). The monoisotopic (exact) mass is 251 g/mol. The number of hydrogen-bond donors (Lipinski definition) is 2. The first-order chi connectivity index (χ1) is 8.59. The van der Waals surface area contributed by atoms with Crippen LogP contribution in [0.15, 0.2) is 12.3 Å². The highest BCUT2D eigenvalue weighted by atomic mass is 19.1. The Labute approximate surface area is 106 Å². The van der Waals surface area contributed by atoms with Gasteiger partial charge in [0.05, 0.1) is 5.56 Å². The van der Waals surface area contributed by atoms with Gasteiger partial charge in [0.2, 0.25) is 0 Å². The summed E-state index contributed by atoms with van der Waals surface area (Å²) in [6, 6.07) is 1.41. The van der Waals surface area contributed by atoms with Crippen molar-refractivity contribution in [2.75, 3.05) is 5.73 Å². The lowest BCUT2D eigenvalue weighted by molar-refractivity contribution is 0.0923. The number of nitrogen functional groups attached to an aromatic ring is 1. The average molecular weight is 251 g/mol. The normalized spacial score (nSPS) is 17.7. The molecule has 1 amide bonds. The first-order valence-electron chi connectivity index (χ1n) is 6.30. The summed E-state index contributed by atoms with van der Waals surface area (Å²) in [7, 11) is 0. The van der Waals surface area contributed by atoms with Crippen molar-refractivity contribution < 1.29 is 9.18 Å². The van der Waals surface area contributed by atoms with Gasteiger partial charge in [-0.1, -0.05) is 12.8 Å². The number of carbonyl (C=O) groups excluding carboxylic acids is 1. The third-order valence-electron chi connectivity index (χ3n) is 3.63. The van der Waals surface area contributed by atoms with E-state index in [9.17, 15) is 9.18 Å². The summed E-state index contributed by atoms with van der Waals surface area (Å²) in [4.78, 5) is 15.6. The molecule has 1 unspecified atom stereocenters. The van der Waals surface area contributed by atoms with Crippen LogP contribution in [0.2, 0.25) is 0 Å². The molecule has 1 aliphatic rings. The Morgan fingerprint density at radius 1 is 1.56 bits per heavy atom. The van der Waals surface area contributed by atoms with Crippen LogP contribution in [0.1, 0.15) is 43.0 Å². The van der Waals surface area contributed by atoms with Gasteiger partial charge in [0.15, 0.2) is 11.6 Å². The topological polar surface area (TPSA) is 68.0 Å². The molecule has 0 radical (unpaired) electrons. The van der Waals surface area contributed by atoms with Crippen molar-refractivity contribution in [3.63, 3.8) is 0 Å². The number of pyridine rings is 1. The minimum Gasteiger partial charge on any atom is -0.381 e. The summed E-state index contributed by atoms with van der Waals surface area (Å²) < 4.78 is 13.6. The van der Waals surface area contributed by atoms with Gasteiger partial charge in [-0.25, -0.2) is 9.37 Å². The summed E-state index contributed by atoms with van der Waals surface area (Å²) in [5.74, 6) is -0.901. The average Bonchev–Trinajstić information content (AvgIpc) is 2.86. The molecule has 1 saturated carbocycles. The Bertz CT molecular complexity index is 444. The fourth-order valence-electron chi connectivity index (χ4n) is 2.50. The molecule has 0 aliphatic heterocycles. The number of nitrogens with two attached hydrogens (primary N) is 1. The zero-order valence-electron chi connectivity index (χ0n) is 10.4. The van der Waals surface area contributed by atoms with E-state index >= 15 is 0 Å². The summed E-state index contributed by atoms with van der Waals surface area (Å²) in [5, 5.41) is 2.84. The minimum atomic E-state index is -0.742. The van der Waals surface area contributed by atoms with Crippen molar-refractivity contribution in [3.8, 4) is 0 Å². The molecule has 1 aromatic heterocycles. The van der Waals surface area contributed by atoms with E-state index < -0.39 is 11.7 Å². The molecule has 0 aromatic carbocycles. The minimum absolute atomic E-state index is 0.0349. The Morgan fingerprint density at radius 3 is 2.89 bits per heavy atom. The maximum absolute atomic E-state index is 13.6. The Balaban J connectivity index is 2.05. The van der Waals surface area contributed by atoms with E-state index in [1.54, 1.807) is 0 Å². The Hall–Kier alpha value is -1.65. The van der Waals surface area contributed by atoms with Crippen LogP contribution < -0.4 is 11.1 Å². The zero-order valence-corrected chi connectivity index (χ0v) is 10.4. The van der Waals surface area contributed by atoms with E-state index in [1.165, 1.54) is 25.1 Å². The predicted octanol–water partition coefficient (Wildman–Crippen LogP) is 2.11. The number of aromatic nitrogens is 1. The lowest BCUT2D eigenvalue weighted by Gasteiger charge is -2.20. The molecule has 3 N–H and O–H groups in total. The van der Waals surface area contributed by atoms with Gasteiger partial charge in [-0.3, -0.25) is 4.79 Å². The Morgan fingerprint density at radius 2 is 2.22 bits per heavy atom. The van der Waals surface area contributed by atoms with Gasteiger partial charge in [-0.15, -0.1) is 0 Å². The molecule has 1 heterocycles. The van der Waals surface area contributed by atoms with Gasteiger partial charge >= 0.3 is 0 Å². The highest BCUT2D eigenvalue weighted by molar-refractivity contribution is 5.95. The number of hydrogen-bond acceptors (Lipinski definition) is 3. The molecule has 0 spiro atoms. The lowest BCUT2D eigenvalue weighted by Crippen LogP contribution is -2.37. The van der Waals surface area contributed by atoms with Gasteiger partial charge in [-0.2, -0.15) is 0 Å². The molecule has 18 heavy (non-hydrogen) atoms. The molecule has 1 atom stereocenters. The quantitative estimate of drug-likeness (QED) is 0.864. The molecule has 98 valence electrons. The van der Waals surface area contributed by atoms with Crippen LogP contribution >= 0.6 is 0 Å². The first kappa shape index (κ1) is 12.8. The van der Waals surface area contributed by atoms with Gasteiger partial charge in [0.1, 0.15) is 0 Å². The fourth-order valence-corrected chi connectivity index (χ4v) is 2.50. The SMILES string of the molecule is CC(NC(=O)c1ccnc(N)c1F)C1CCCC1. The molecule has 4 nitrogen and oxygen atoms in total. The molecule has 1 aliphatic carbocycles. The van der Waals surface area contributed by atoms with Crippen molar-refractivity contribution in [2.45, 2.75) is 38.6 Å². The van der Waals surface area contributed by atoms with Crippen LogP contribution in [0.5, 0.6) is 0 Å². The molecular weight excluding hydrogens is 233 g/mol. The largest absolute Gasteiger partial charge is 0.381 e. The molecule has 5 heteroatoms. The standard InChI is InChI=1S/C13H18FN3O/c1-8(9-4-2-3-5-9)17-13(18)10-6-7-16-12(15)11(10)14/h6-9H,2-5H2,1H3,(H2,15,16)(H,17,18). The van der Waals surface area contributed by atoms with Crippen LogP contribution in [0.4, 0.5) is 10.2 Å². The second-order valence-corrected chi connectivity index (χ2v) is 4.86. The van der Waals surface area contributed by atoms with Crippen LogP contribution in [0.3, 0.4) is 0 Å². The maximum Gasteiger partial charge on any atom is 0.254 e. The van der Waals surface area contributed by atoms with Crippen molar-refractivity contribution in [1.29, 1.82) is 0 Å². The lowest BCUT2D eigenvalue weighted by atomic mass is 9.99. The number of nitrogens with zero attached hydrogens (tertiary/aromatic N) is 1. The first-order valence-corrected chi connectivity index (χ1v) is 6.30. The van der Waals surface area contributed by atoms with Crippen LogP contribution in [0.25, 0.3) is 0 Å². The second kappa shape index (κ2) is 5.33. The van der Waals surface area contributed by atoms with E-state index in [2.05, 4.69) is 10.3 Å². The number of halogens is 1. The van der Waals surface area contributed by atoms with Gasteiger partial charge in [0, 0.05) is 12.2 Å². The van der Waals surface area contributed by atoms with Crippen LogP contribution in [-0.4, -0.2) is 16.9 Å². The number of rotatable bonds is 3. The van der Waals surface area contributed by atoms with E-state index in [1.807, 2.05) is 6.92 Å². The molecule has 1 fully saturated rings. The number of anilines is 1. The van der Waals surface area contributed by atoms with E-state index in [4.69, 9.17) is 5.73 Å². The third kappa shape index (κ3) is 2.60. The Kier molecular flexibility index (Phi) is 3.79. The fraction of sp³-hybridized carbons (Fsp3) is 0.538. The molecule has 1 aromatic rings. The van der Waals surface area contributed by atoms with Crippen molar-refractivity contribution in [3.05, 3.63) is 23.6 Å². The highest BCUT2D eigenvalue weighted by Gasteiger charge is 2.24. The van der Waals surface area contributed by atoms with E-state index in [0.717, 1.165) is 12.8 Å². The second-order valence-electron chi connectivity index (χ2n) is 4.86. The molecular formula is C13H18FN3O. The summed E-state index contributed by atoms with van der Waals surface area (Å²) in [5.41, 5.74) is 5.31. The van der Waals surface area contributed by atoms with E-state index in [0.29, 0.717) is 5.92 Å². The van der Waals surface area contributed by atoms with Gasteiger partial charge < -0.3 is 11.1 Å². The highest BCUT2D eigenvalue weighted by Crippen LogP contribution is 2.27. The summed E-state index contributed by atoms with van der Waals surface area (Å²) >= 11 is 0. The van der Waals surface area contributed by atoms with Crippen LogP contribution in [0, 0.1) is 11.7 Å². The zero-order chi connectivity index (χ0) is 13.1. The number of nitrogens with one attached hydrogen (secondary N) is 1. The summed E-state index contributed by atoms with van der Waals surface area (Å²) in [6.07, 6.45) is 6.02. The van der Waals surface area contributed by atoms with Gasteiger partial charge in [0.25, 0.3) is 5.91 Å².